The van der Waals surface area contributed by atoms with Gasteiger partial charge in [0.15, 0.2) is 5.96 Å². The molecule has 0 saturated heterocycles. The molecule has 25 heavy (non-hydrogen) atoms. The number of aromatic nitrogens is 1. The van der Waals surface area contributed by atoms with Crippen molar-refractivity contribution >= 4 is 29.9 Å². The van der Waals surface area contributed by atoms with Crippen molar-refractivity contribution in [2.24, 2.45) is 4.99 Å². The summed E-state index contributed by atoms with van der Waals surface area (Å²) in [6.45, 7) is 9.67. The van der Waals surface area contributed by atoms with Crippen molar-refractivity contribution in [3.63, 3.8) is 0 Å². The lowest BCUT2D eigenvalue weighted by molar-refractivity contribution is 0.321. The zero-order chi connectivity index (χ0) is 17.5. The van der Waals surface area contributed by atoms with Crippen LogP contribution in [0, 0.1) is 27.7 Å². The molecule has 2 rings (SSSR count). The van der Waals surface area contributed by atoms with Gasteiger partial charge < -0.3 is 19.8 Å². The maximum absolute atomic E-state index is 5.77. The Morgan fingerprint density at radius 1 is 1.12 bits per heavy atom. The van der Waals surface area contributed by atoms with E-state index in [1.807, 2.05) is 26.0 Å². The smallest absolute Gasteiger partial charge is 0.214 e. The van der Waals surface area contributed by atoms with Crippen molar-refractivity contribution in [2.45, 2.75) is 34.2 Å². The molecule has 0 fully saturated rings. The summed E-state index contributed by atoms with van der Waals surface area (Å²) in [4.78, 5) is 8.51. The van der Waals surface area contributed by atoms with Crippen LogP contribution in [-0.4, -0.2) is 31.1 Å². The Bertz CT molecular complexity index is 673. The predicted octanol–water partition coefficient (Wildman–Crippen LogP) is 3.27. The molecule has 1 aromatic carbocycles. The number of halogens is 1. The number of hydrogen-bond acceptors (Lipinski definition) is 4. The van der Waals surface area contributed by atoms with E-state index in [0.29, 0.717) is 31.5 Å². The van der Waals surface area contributed by atoms with Crippen LogP contribution in [0.5, 0.6) is 5.75 Å². The molecular weight excluding hydrogens is 431 g/mol. The minimum Gasteiger partial charge on any atom is -0.492 e. The Balaban J connectivity index is 0.00000312. The molecule has 0 saturated carbocycles. The number of oxazole rings is 1. The molecule has 0 aliphatic rings. The number of nitrogens with one attached hydrogen (secondary N) is 2. The topological polar surface area (TPSA) is 71.7 Å². The van der Waals surface area contributed by atoms with E-state index in [9.17, 15) is 0 Å². The lowest BCUT2D eigenvalue weighted by Gasteiger charge is -2.12. The summed E-state index contributed by atoms with van der Waals surface area (Å²) in [5.41, 5.74) is 3.32. The van der Waals surface area contributed by atoms with E-state index in [-0.39, 0.29) is 24.0 Å². The zero-order valence-corrected chi connectivity index (χ0v) is 17.8. The monoisotopic (exact) mass is 458 g/mol. The first-order chi connectivity index (χ1) is 11.5. The van der Waals surface area contributed by atoms with E-state index in [1.165, 1.54) is 11.1 Å². The normalized spacial score (nSPS) is 11.0. The summed E-state index contributed by atoms with van der Waals surface area (Å²) in [7, 11) is 1.73. The summed E-state index contributed by atoms with van der Waals surface area (Å²) in [5, 5.41) is 6.38. The van der Waals surface area contributed by atoms with Crippen LogP contribution in [-0.2, 0) is 6.54 Å². The molecule has 0 bridgehead atoms. The molecule has 2 N–H and O–H groups in total. The summed E-state index contributed by atoms with van der Waals surface area (Å²) in [6.07, 6.45) is 0. The highest BCUT2D eigenvalue weighted by molar-refractivity contribution is 14.0. The van der Waals surface area contributed by atoms with Gasteiger partial charge in [0, 0.05) is 7.05 Å². The lowest BCUT2D eigenvalue weighted by Crippen LogP contribution is -2.38. The van der Waals surface area contributed by atoms with Gasteiger partial charge in [-0.25, -0.2) is 4.98 Å². The highest BCUT2D eigenvalue weighted by Gasteiger charge is 2.06. The molecular formula is C18H27IN4O2. The van der Waals surface area contributed by atoms with Crippen molar-refractivity contribution in [1.29, 1.82) is 0 Å². The van der Waals surface area contributed by atoms with E-state index >= 15 is 0 Å². The number of guanidine groups is 1. The van der Waals surface area contributed by atoms with Crippen LogP contribution in [0.4, 0.5) is 0 Å². The standard InChI is InChI=1S/C18H26N4O2.HI/c1-12-8-13(2)10-16(9-12)23-7-6-20-18(19-5)21-11-17-22-14(3)15(4)24-17;/h8-10H,6-7,11H2,1-5H3,(H2,19,20,21);1H. The van der Waals surface area contributed by atoms with Crippen molar-refractivity contribution in [3.8, 4) is 5.75 Å². The highest BCUT2D eigenvalue weighted by Crippen LogP contribution is 2.15. The molecule has 0 radical (unpaired) electrons. The van der Waals surface area contributed by atoms with Gasteiger partial charge >= 0.3 is 0 Å². The average Bonchev–Trinajstić information content (AvgIpc) is 2.84. The molecule has 138 valence electrons. The van der Waals surface area contributed by atoms with Gasteiger partial charge in [0.1, 0.15) is 18.1 Å². The fourth-order valence-electron chi connectivity index (χ4n) is 2.35. The Kier molecular flexibility index (Phi) is 8.74. The summed E-state index contributed by atoms with van der Waals surface area (Å²) in [5.74, 6) is 3.08. The maximum atomic E-state index is 5.77. The van der Waals surface area contributed by atoms with Crippen LogP contribution in [0.2, 0.25) is 0 Å². The minimum absolute atomic E-state index is 0. The van der Waals surface area contributed by atoms with Crippen LogP contribution < -0.4 is 15.4 Å². The molecule has 0 aliphatic heterocycles. The van der Waals surface area contributed by atoms with Crippen molar-refractivity contribution < 1.29 is 9.15 Å². The van der Waals surface area contributed by atoms with Gasteiger partial charge in [-0.05, 0) is 51.0 Å². The third kappa shape index (κ3) is 6.93. The number of rotatable bonds is 6. The molecule has 0 unspecified atom stereocenters. The number of ether oxygens (including phenoxy) is 1. The van der Waals surface area contributed by atoms with Gasteiger partial charge in [-0.15, -0.1) is 24.0 Å². The molecule has 0 spiro atoms. The molecule has 1 aromatic heterocycles. The maximum Gasteiger partial charge on any atom is 0.214 e. The fraction of sp³-hybridized carbons (Fsp3) is 0.444. The van der Waals surface area contributed by atoms with Gasteiger partial charge in [0.05, 0.1) is 18.8 Å². The van der Waals surface area contributed by atoms with E-state index in [1.54, 1.807) is 7.05 Å². The van der Waals surface area contributed by atoms with Crippen molar-refractivity contribution in [2.75, 3.05) is 20.2 Å². The number of hydrogen-bond donors (Lipinski definition) is 2. The van der Waals surface area contributed by atoms with Crippen molar-refractivity contribution in [3.05, 3.63) is 46.7 Å². The number of nitrogens with zero attached hydrogens (tertiary/aromatic N) is 2. The lowest BCUT2D eigenvalue weighted by atomic mass is 10.1. The summed E-state index contributed by atoms with van der Waals surface area (Å²) < 4.78 is 11.3. The molecule has 2 aromatic rings. The second kappa shape index (κ2) is 10.3. The van der Waals surface area contributed by atoms with Crippen LogP contribution >= 0.6 is 24.0 Å². The van der Waals surface area contributed by atoms with Crippen LogP contribution in [0.1, 0.15) is 28.5 Å². The average molecular weight is 458 g/mol. The number of benzene rings is 1. The van der Waals surface area contributed by atoms with Crippen LogP contribution in [0.3, 0.4) is 0 Å². The first kappa shape index (κ1) is 21.3. The molecule has 0 atom stereocenters. The van der Waals surface area contributed by atoms with Gasteiger partial charge in [0.25, 0.3) is 0 Å². The van der Waals surface area contributed by atoms with E-state index in [2.05, 4.69) is 40.5 Å². The first-order valence-corrected chi connectivity index (χ1v) is 8.06. The number of aryl methyl sites for hydroxylation is 4. The Morgan fingerprint density at radius 2 is 1.80 bits per heavy atom. The minimum atomic E-state index is 0. The Labute approximate surface area is 166 Å². The first-order valence-electron chi connectivity index (χ1n) is 8.06. The second-order valence-corrected chi connectivity index (χ2v) is 5.77. The van der Waals surface area contributed by atoms with E-state index in [4.69, 9.17) is 9.15 Å². The van der Waals surface area contributed by atoms with Gasteiger partial charge in [-0.3, -0.25) is 4.99 Å². The van der Waals surface area contributed by atoms with E-state index in [0.717, 1.165) is 17.2 Å². The van der Waals surface area contributed by atoms with Crippen LogP contribution in [0.15, 0.2) is 27.6 Å². The van der Waals surface area contributed by atoms with Crippen LogP contribution in [0.25, 0.3) is 0 Å². The predicted molar refractivity (Wildman–Crippen MR) is 111 cm³/mol. The third-order valence-corrected chi connectivity index (χ3v) is 3.56. The number of aliphatic imine (C=N–C) groups is 1. The highest BCUT2D eigenvalue weighted by atomic mass is 127. The molecule has 6 nitrogen and oxygen atoms in total. The second-order valence-electron chi connectivity index (χ2n) is 5.77. The molecule has 7 heteroatoms. The quantitative estimate of drug-likeness (QED) is 0.301. The molecule has 0 amide bonds. The van der Waals surface area contributed by atoms with Gasteiger partial charge in [0.2, 0.25) is 5.89 Å². The summed E-state index contributed by atoms with van der Waals surface area (Å²) in [6, 6.07) is 6.20. The van der Waals surface area contributed by atoms with Crippen molar-refractivity contribution in [1.82, 2.24) is 15.6 Å². The zero-order valence-electron chi connectivity index (χ0n) is 15.5. The SMILES string of the molecule is CN=C(NCCOc1cc(C)cc(C)c1)NCc1nc(C)c(C)o1.I. The largest absolute Gasteiger partial charge is 0.492 e. The molecule has 1 heterocycles. The third-order valence-electron chi connectivity index (χ3n) is 3.56. The summed E-state index contributed by atoms with van der Waals surface area (Å²) >= 11 is 0. The van der Waals surface area contributed by atoms with E-state index < -0.39 is 0 Å². The van der Waals surface area contributed by atoms with Gasteiger partial charge in [-0.1, -0.05) is 6.07 Å². The Morgan fingerprint density at radius 3 is 2.36 bits per heavy atom. The fourth-order valence-corrected chi connectivity index (χ4v) is 2.35. The molecule has 0 aliphatic carbocycles. The Hall–Kier alpha value is -1.77. The van der Waals surface area contributed by atoms with Gasteiger partial charge in [-0.2, -0.15) is 0 Å².